The van der Waals surface area contributed by atoms with Gasteiger partial charge in [-0.3, -0.25) is 9.80 Å². The van der Waals surface area contributed by atoms with E-state index in [1.54, 1.807) is 0 Å². The minimum absolute atomic E-state index is 0.738. The van der Waals surface area contributed by atoms with E-state index in [4.69, 9.17) is 0 Å². The van der Waals surface area contributed by atoms with E-state index >= 15 is 0 Å². The third kappa shape index (κ3) is 1.62. The molecule has 2 heteroatoms. The maximum Gasteiger partial charge on any atom is 0.0227 e. The zero-order chi connectivity index (χ0) is 9.42. The molecule has 2 saturated heterocycles. The Hall–Kier alpha value is -0.0800. The third-order valence-electron chi connectivity index (χ3n) is 3.76. The first kappa shape index (κ1) is 9.47. The Kier molecular flexibility index (Phi) is 2.61. The summed E-state index contributed by atoms with van der Waals surface area (Å²) in [5, 5.41) is 0. The molecule has 2 atom stereocenters. The maximum absolute atomic E-state index is 2.71. The Labute approximate surface area is 81.9 Å². The molecule has 0 aliphatic carbocycles. The second kappa shape index (κ2) is 3.58. The van der Waals surface area contributed by atoms with Gasteiger partial charge in [0.05, 0.1) is 0 Å². The number of likely N-dealkylation sites (tertiary alicyclic amines) is 1. The number of likely N-dealkylation sites (N-methyl/N-ethyl adjacent to an activating group) is 1. The summed E-state index contributed by atoms with van der Waals surface area (Å²) in [4.78, 5) is 5.35. The second-order valence-corrected chi connectivity index (χ2v) is 4.76. The lowest BCUT2D eigenvalue weighted by molar-refractivity contribution is 0.0534. The van der Waals surface area contributed by atoms with Crippen molar-refractivity contribution in [3.8, 4) is 0 Å². The first-order valence-electron chi connectivity index (χ1n) is 5.72. The molecule has 76 valence electrons. The predicted octanol–water partition coefficient (Wildman–Crippen LogP) is 1.56. The molecule has 0 N–H and O–H groups in total. The van der Waals surface area contributed by atoms with Crippen LogP contribution in [0.25, 0.3) is 0 Å². The van der Waals surface area contributed by atoms with Gasteiger partial charge in [-0.15, -0.1) is 0 Å². The molecule has 0 saturated carbocycles. The highest BCUT2D eigenvalue weighted by Gasteiger charge is 2.39. The van der Waals surface area contributed by atoms with E-state index in [1.165, 1.54) is 32.5 Å². The summed E-state index contributed by atoms with van der Waals surface area (Å²) in [6.45, 7) is 10.8. The molecule has 0 amide bonds. The van der Waals surface area contributed by atoms with Gasteiger partial charge < -0.3 is 0 Å². The summed E-state index contributed by atoms with van der Waals surface area (Å²) in [5.74, 6) is 0. The Balaban J connectivity index is 2.02. The Morgan fingerprint density at radius 1 is 1.15 bits per heavy atom. The SMILES string of the molecule is CCN1C2CCC1CN(C(C)C)C2. The molecular formula is C11H22N2. The smallest absolute Gasteiger partial charge is 0.0227 e. The van der Waals surface area contributed by atoms with Gasteiger partial charge >= 0.3 is 0 Å². The fourth-order valence-corrected chi connectivity index (χ4v) is 2.96. The van der Waals surface area contributed by atoms with Crippen molar-refractivity contribution in [3.05, 3.63) is 0 Å². The van der Waals surface area contributed by atoms with Crippen molar-refractivity contribution in [1.29, 1.82) is 0 Å². The van der Waals surface area contributed by atoms with Gasteiger partial charge in [0.25, 0.3) is 0 Å². The van der Waals surface area contributed by atoms with Crippen molar-refractivity contribution < 1.29 is 0 Å². The average molecular weight is 182 g/mol. The monoisotopic (exact) mass is 182 g/mol. The van der Waals surface area contributed by atoms with Crippen LogP contribution in [0.2, 0.25) is 0 Å². The average Bonchev–Trinajstić information content (AvgIpc) is 2.34. The maximum atomic E-state index is 2.71. The fraction of sp³-hybridized carbons (Fsp3) is 1.00. The van der Waals surface area contributed by atoms with Crippen molar-refractivity contribution in [2.24, 2.45) is 0 Å². The summed E-state index contributed by atoms with van der Waals surface area (Å²) >= 11 is 0. The molecule has 2 aliphatic heterocycles. The van der Waals surface area contributed by atoms with Crippen molar-refractivity contribution in [3.63, 3.8) is 0 Å². The van der Waals surface area contributed by atoms with Crippen molar-refractivity contribution >= 4 is 0 Å². The molecule has 0 aromatic heterocycles. The van der Waals surface area contributed by atoms with E-state index in [0.29, 0.717) is 0 Å². The van der Waals surface area contributed by atoms with E-state index in [2.05, 4.69) is 30.6 Å². The van der Waals surface area contributed by atoms with Gasteiger partial charge in [-0.2, -0.15) is 0 Å². The number of nitrogens with zero attached hydrogens (tertiary/aromatic N) is 2. The molecule has 2 bridgehead atoms. The van der Waals surface area contributed by atoms with Crippen LogP contribution >= 0.6 is 0 Å². The molecule has 0 spiro atoms. The Morgan fingerprint density at radius 3 is 2.08 bits per heavy atom. The summed E-state index contributed by atoms with van der Waals surface area (Å²) in [6.07, 6.45) is 2.86. The molecule has 2 heterocycles. The highest BCUT2D eigenvalue weighted by Crippen LogP contribution is 2.30. The zero-order valence-corrected chi connectivity index (χ0v) is 9.16. The first-order chi connectivity index (χ1) is 6.22. The van der Waals surface area contributed by atoms with Gasteiger partial charge in [0.2, 0.25) is 0 Å². The molecule has 2 unspecified atom stereocenters. The molecule has 2 fully saturated rings. The van der Waals surface area contributed by atoms with Crippen LogP contribution in [0.1, 0.15) is 33.6 Å². The first-order valence-corrected chi connectivity index (χ1v) is 5.72. The predicted molar refractivity (Wildman–Crippen MR) is 55.9 cm³/mol. The molecule has 2 nitrogen and oxygen atoms in total. The number of hydrogen-bond acceptors (Lipinski definition) is 2. The molecule has 2 aliphatic rings. The van der Waals surface area contributed by atoms with Crippen LogP contribution in [0, 0.1) is 0 Å². The van der Waals surface area contributed by atoms with Gasteiger partial charge in [-0.1, -0.05) is 6.92 Å². The van der Waals surface area contributed by atoms with Crippen LogP contribution < -0.4 is 0 Å². The zero-order valence-electron chi connectivity index (χ0n) is 9.16. The van der Waals surface area contributed by atoms with Crippen molar-refractivity contribution in [1.82, 2.24) is 9.80 Å². The summed E-state index contributed by atoms with van der Waals surface area (Å²) in [7, 11) is 0. The van der Waals surface area contributed by atoms with Gasteiger partial charge in [0, 0.05) is 31.2 Å². The highest BCUT2D eigenvalue weighted by atomic mass is 15.3. The van der Waals surface area contributed by atoms with E-state index in [-0.39, 0.29) is 0 Å². The van der Waals surface area contributed by atoms with Crippen LogP contribution in [0.4, 0.5) is 0 Å². The van der Waals surface area contributed by atoms with Crippen LogP contribution in [0.5, 0.6) is 0 Å². The van der Waals surface area contributed by atoms with E-state index < -0.39 is 0 Å². The molecule has 0 aromatic carbocycles. The van der Waals surface area contributed by atoms with E-state index in [0.717, 1.165) is 18.1 Å². The number of rotatable bonds is 2. The normalized spacial score (nSPS) is 36.0. The van der Waals surface area contributed by atoms with Crippen LogP contribution in [0.3, 0.4) is 0 Å². The minimum Gasteiger partial charge on any atom is -0.298 e. The molecule has 0 aromatic rings. The van der Waals surface area contributed by atoms with Crippen molar-refractivity contribution in [2.45, 2.75) is 51.7 Å². The quantitative estimate of drug-likeness (QED) is 0.639. The number of fused-ring (bicyclic) bond motifs is 2. The Bertz CT molecular complexity index is 165. The van der Waals surface area contributed by atoms with Gasteiger partial charge in [-0.25, -0.2) is 0 Å². The topological polar surface area (TPSA) is 6.48 Å². The van der Waals surface area contributed by atoms with Gasteiger partial charge in [0.15, 0.2) is 0 Å². The van der Waals surface area contributed by atoms with E-state index in [1.807, 2.05) is 0 Å². The summed E-state index contributed by atoms with van der Waals surface area (Å²) in [6, 6.07) is 2.47. The third-order valence-corrected chi connectivity index (χ3v) is 3.76. The van der Waals surface area contributed by atoms with Crippen molar-refractivity contribution in [2.75, 3.05) is 19.6 Å². The fourth-order valence-electron chi connectivity index (χ4n) is 2.96. The molecule has 13 heavy (non-hydrogen) atoms. The standard InChI is InChI=1S/C11H22N2/c1-4-13-10-5-6-11(13)8-12(7-10)9(2)3/h9-11H,4-8H2,1-3H3. The lowest BCUT2D eigenvalue weighted by Crippen LogP contribution is -2.55. The van der Waals surface area contributed by atoms with E-state index in [9.17, 15) is 0 Å². The van der Waals surface area contributed by atoms with Crippen LogP contribution in [-0.4, -0.2) is 47.6 Å². The number of piperazine rings is 1. The van der Waals surface area contributed by atoms with Gasteiger partial charge in [-0.05, 0) is 33.2 Å². The second-order valence-electron chi connectivity index (χ2n) is 4.76. The highest BCUT2D eigenvalue weighted by molar-refractivity contribution is 4.95. The van der Waals surface area contributed by atoms with Gasteiger partial charge in [0.1, 0.15) is 0 Å². The van der Waals surface area contributed by atoms with Crippen LogP contribution in [-0.2, 0) is 0 Å². The lowest BCUT2D eigenvalue weighted by atomic mass is 10.1. The minimum atomic E-state index is 0.738. The van der Waals surface area contributed by atoms with Crippen LogP contribution in [0.15, 0.2) is 0 Å². The molecule has 0 radical (unpaired) electrons. The summed E-state index contributed by atoms with van der Waals surface area (Å²) in [5.41, 5.74) is 0. The molecule has 2 rings (SSSR count). The summed E-state index contributed by atoms with van der Waals surface area (Å²) < 4.78 is 0. The lowest BCUT2D eigenvalue weighted by Gasteiger charge is -2.42. The largest absolute Gasteiger partial charge is 0.298 e. The molecular weight excluding hydrogens is 160 g/mol. The number of hydrogen-bond donors (Lipinski definition) is 0. The Morgan fingerprint density at radius 2 is 1.69 bits per heavy atom.